The van der Waals surface area contributed by atoms with E-state index in [0.29, 0.717) is 33.7 Å². The number of benzene rings is 3. The second-order valence-electron chi connectivity index (χ2n) is 7.18. The van der Waals surface area contributed by atoms with Crippen LogP contribution in [0.25, 0.3) is 17.1 Å². The van der Waals surface area contributed by atoms with Crippen molar-refractivity contribution in [2.45, 2.75) is 5.16 Å². The van der Waals surface area contributed by atoms with E-state index in [1.54, 1.807) is 37.4 Å². The predicted octanol–water partition coefficient (Wildman–Crippen LogP) is 4.59. The zero-order chi connectivity index (χ0) is 24.8. The van der Waals surface area contributed by atoms with E-state index in [9.17, 15) is 14.9 Å². The number of carbonyl (C=O) groups excluding carboxylic acids is 1. The summed E-state index contributed by atoms with van der Waals surface area (Å²) in [6.45, 7) is 0. The lowest BCUT2D eigenvalue weighted by atomic mass is 10.2. The number of nitro benzene ring substituents is 1. The van der Waals surface area contributed by atoms with Gasteiger partial charge in [-0.25, -0.2) is 0 Å². The molecule has 0 radical (unpaired) electrons. The van der Waals surface area contributed by atoms with Crippen molar-refractivity contribution in [1.82, 2.24) is 14.8 Å². The summed E-state index contributed by atoms with van der Waals surface area (Å²) in [6, 6.07) is 20.7. The normalized spacial score (nSPS) is 10.6. The number of hydrogen-bond acceptors (Lipinski definition) is 8. The van der Waals surface area contributed by atoms with E-state index < -0.39 is 4.92 Å². The summed E-state index contributed by atoms with van der Waals surface area (Å²) in [4.78, 5) is 23.3. The second-order valence-corrected chi connectivity index (χ2v) is 8.13. The molecule has 10 nitrogen and oxygen atoms in total. The number of methoxy groups -OCH3 is 2. The van der Waals surface area contributed by atoms with Crippen molar-refractivity contribution in [3.63, 3.8) is 0 Å². The van der Waals surface area contributed by atoms with Gasteiger partial charge in [0.05, 0.1) is 30.6 Å². The quantitative estimate of drug-likeness (QED) is 0.205. The minimum Gasteiger partial charge on any atom is -0.497 e. The Labute approximate surface area is 205 Å². The molecule has 11 heteroatoms. The van der Waals surface area contributed by atoms with Crippen molar-refractivity contribution in [3.05, 3.63) is 82.9 Å². The van der Waals surface area contributed by atoms with Gasteiger partial charge in [0.1, 0.15) is 11.5 Å². The minimum atomic E-state index is -0.455. The monoisotopic (exact) mass is 491 g/mol. The number of carbonyl (C=O) groups is 1. The molecular formula is C24H21N5O5S. The third kappa shape index (κ3) is 5.41. The van der Waals surface area contributed by atoms with Crippen LogP contribution in [0.2, 0.25) is 0 Å². The largest absolute Gasteiger partial charge is 0.497 e. The van der Waals surface area contributed by atoms with E-state index in [4.69, 9.17) is 9.47 Å². The zero-order valence-corrected chi connectivity index (χ0v) is 19.7. The first kappa shape index (κ1) is 23.8. The van der Waals surface area contributed by atoms with E-state index in [-0.39, 0.29) is 17.3 Å². The van der Waals surface area contributed by atoms with Gasteiger partial charge in [0, 0.05) is 29.4 Å². The maximum absolute atomic E-state index is 12.7. The van der Waals surface area contributed by atoms with Crippen molar-refractivity contribution in [2.75, 3.05) is 25.3 Å². The summed E-state index contributed by atoms with van der Waals surface area (Å²) in [5.74, 6) is 1.40. The highest BCUT2D eigenvalue weighted by Crippen LogP contribution is 2.31. The van der Waals surface area contributed by atoms with Gasteiger partial charge in [0.15, 0.2) is 11.0 Å². The van der Waals surface area contributed by atoms with E-state index in [0.717, 1.165) is 5.69 Å². The average molecular weight is 492 g/mol. The molecule has 0 aliphatic heterocycles. The van der Waals surface area contributed by atoms with E-state index in [1.165, 1.54) is 31.0 Å². The molecule has 1 N–H and O–H groups in total. The Morgan fingerprint density at radius 1 is 1.03 bits per heavy atom. The molecule has 1 aromatic heterocycles. The molecule has 0 saturated carbocycles. The van der Waals surface area contributed by atoms with Crippen LogP contribution in [0, 0.1) is 10.1 Å². The summed E-state index contributed by atoms with van der Waals surface area (Å²) in [6.07, 6.45) is 0. The zero-order valence-electron chi connectivity index (χ0n) is 18.9. The van der Waals surface area contributed by atoms with Crippen LogP contribution in [0.4, 0.5) is 11.4 Å². The highest BCUT2D eigenvalue weighted by Gasteiger charge is 2.19. The van der Waals surface area contributed by atoms with Gasteiger partial charge < -0.3 is 14.8 Å². The van der Waals surface area contributed by atoms with Crippen LogP contribution in [-0.4, -0.2) is 45.6 Å². The van der Waals surface area contributed by atoms with Gasteiger partial charge >= 0.3 is 0 Å². The third-order valence-electron chi connectivity index (χ3n) is 5.00. The number of thioether (sulfide) groups is 1. The fraction of sp³-hybridized carbons (Fsp3) is 0.125. The number of rotatable bonds is 9. The Hall–Kier alpha value is -4.38. The summed E-state index contributed by atoms with van der Waals surface area (Å²) in [5, 5.41) is 22.9. The Kier molecular flexibility index (Phi) is 7.27. The van der Waals surface area contributed by atoms with Crippen molar-refractivity contribution >= 4 is 29.0 Å². The number of amides is 1. The molecule has 0 atom stereocenters. The molecule has 178 valence electrons. The van der Waals surface area contributed by atoms with Crippen molar-refractivity contribution < 1.29 is 19.2 Å². The standard InChI is InChI=1S/C24H21N5O5S/c1-33-19-12-13-21(34-2)20(14-19)25-22(30)15-35-24-27-26-23(28(24)17-6-4-3-5-7-17)16-8-10-18(11-9-16)29(31)32/h3-14H,15H2,1-2H3,(H,25,30). The molecule has 0 saturated heterocycles. The Bertz CT molecular complexity index is 1340. The van der Waals surface area contributed by atoms with Crippen LogP contribution >= 0.6 is 11.8 Å². The number of nitrogens with one attached hydrogen (secondary N) is 1. The Balaban J connectivity index is 1.58. The molecule has 1 amide bonds. The topological polar surface area (TPSA) is 121 Å². The van der Waals surface area contributed by atoms with E-state index in [2.05, 4.69) is 15.5 Å². The van der Waals surface area contributed by atoms with Crippen LogP contribution in [0.5, 0.6) is 11.5 Å². The first-order valence-corrected chi connectivity index (χ1v) is 11.4. The third-order valence-corrected chi connectivity index (χ3v) is 5.93. The maximum Gasteiger partial charge on any atom is 0.269 e. The van der Waals surface area contributed by atoms with Crippen molar-refractivity contribution in [3.8, 4) is 28.6 Å². The fourth-order valence-electron chi connectivity index (χ4n) is 3.32. The summed E-state index contributed by atoms with van der Waals surface area (Å²) < 4.78 is 12.4. The minimum absolute atomic E-state index is 0.0150. The highest BCUT2D eigenvalue weighted by atomic mass is 32.2. The molecule has 4 rings (SSSR count). The fourth-order valence-corrected chi connectivity index (χ4v) is 4.07. The molecule has 3 aromatic carbocycles. The first-order chi connectivity index (χ1) is 17.0. The number of hydrogen-bond donors (Lipinski definition) is 1. The highest BCUT2D eigenvalue weighted by molar-refractivity contribution is 7.99. The molecule has 0 bridgehead atoms. The van der Waals surface area contributed by atoms with Crippen molar-refractivity contribution in [2.24, 2.45) is 0 Å². The summed E-state index contributed by atoms with van der Waals surface area (Å²) in [7, 11) is 3.07. The number of nitro groups is 1. The maximum atomic E-state index is 12.7. The van der Waals surface area contributed by atoms with E-state index in [1.807, 2.05) is 34.9 Å². The SMILES string of the molecule is COc1ccc(OC)c(NC(=O)CSc2nnc(-c3ccc([N+](=O)[O-])cc3)n2-c2ccccc2)c1. The van der Waals surface area contributed by atoms with Gasteiger partial charge in [0.2, 0.25) is 5.91 Å². The van der Waals surface area contributed by atoms with Gasteiger partial charge in [-0.15, -0.1) is 10.2 Å². The number of anilines is 1. The van der Waals surface area contributed by atoms with Crippen LogP contribution in [0.1, 0.15) is 0 Å². The van der Waals surface area contributed by atoms with Crippen LogP contribution in [0.3, 0.4) is 0 Å². The Morgan fingerprint density at radius 3 is 2.43 bits per heavy atom. The number of nitrogens with zero attached hydrogens (tertiary/aromatic N) is 4. The molecule has 0 aliphatic rings. The molecule has 35 heavy (non-hydrogen) atoms. The molecule has 0 aliphatic carbocycles. The average Bonchev–Trinajstić information content (AvgIpc) is 3.32. The van der Waals surface area contributed by atoms with Gasteiger partial charge in [-0.1, -0.05) is 30.0 Å². The molecule has 4 aromatic rings. The van der Waals surface area contributed by atoms with Crippen LogP contribution in [-0.2, 0) is 4.79 Å². The molecule has 0 unspecified atom stereocenters. The van der Waals surface area contributed by atoms with Gasteiger partial charge in [-0.2, -0.15) is 0 Å². The molecule has 1 heterocycles. The van der Waals surface area contributed by atoms with Gasteiger partial charge in [-0.3, -0.25) is 19.5 Å². The number of aromatic nitrogens is 3. The van der Waals surface area contributed by atoms with E-state index >= 15 is 0 Å². The number of para-hydroxylation sites is 1. The molecule has 0 spiro atoms. The summed E-state index contributed by atoms with van der Waals surface area (Å²) >= 11 is 1.21. The van der Waals surface area contributed by atoms with Crippen LogP contribution < -0.4 is 14.8 Å². The number of ether oxygens (including phenoxy) is 2. The lowest BCUT2D eigenvalue weighted by Gasteiger charge is -2.12. The predicted molar refractivity (Wildman–Crippen MR) is 132 cm³/mol. The summed E-state index contributed by atoms with van der Waals surface area (Å²) in [5.41, 5.74) is 1.93. The smallest absolute Gasteiger partial charge is 0.269 e. The van der Waals surface area contributed by atoms with Crippen molar-refractivity contribution in [1.29, 1.82) is 0 Å². The van der Waals surface area contributed by atoms with Gasteiger partial charge in [-0.05, 0) is 36.4 Å². The lowest BCUT2D eigenvalue weighted by molar-refractivity contribution is -0.384. The first-order valence-electron chi connectivity index (χ1n) is 10.4. The second kappa shape index (κ2) is 10.7. The number of non-ortho nitro benzene ring substituents is 1. The molecule has 0 fully saturated rings. The Morgan fingerprint density at radius 2 is 1.77 bits per heavy atom. The molecular weight excluding hydrogens is 470 g/mol. The van der Waals surface area contributed by atoms with Gasteiger partial charge in [0.25, 0.3) is 5.69 Å². The van der Waals surface area contributed by atoms with Crippen LogP contribution in [0.15, 0.2) is 78.0 Å². The lowest BCUT2D eigenvalue weighted by Crippen LogP contribution is -2.15.